The second-order valence-electron chi connectivity index (χ2n) is 5.64. The highest BCUT2D eigenvalue weighted by atomic mass is 79.9. The summed E-state index contributed by atoms with van der Waals surface area (Å²) in [7, 11) is 0. The lowest BCUT2D eigenvalue weighted by molar-refractivity contribution is -0.137. The lowest BCUT2D eigenvalue weighted by atomic mass is 10.2. The Bertz CT molecular complexity index is 488. The Balaban J connectivity index is 2.06. The molecule has 4 nitrogen and oxygen atoms in total. The molecule has 5 heteroatoms. The van der Waals surface area contributed by atoms with Crippen molar-refractivity contribution in [3.63, 3.8) is 0 Å². The van der Waals surface area contributed by atoms with E-state index in [1.165, 1.54) is 12.8 Å². The van der Waals surface area contributed by atoms with Crippen LogP contribution in [0.15, 0.2) is 16.6 Å². The highest BCUT2D eigenvalue weighted by Gasteiger charge is 2.24. The molecule has 1 amide bonds. The number of amides is 1. The van der Waals surface area contributed by atoms with E-state index in [4.69, 9.17) is 10.5 Å². The maximum atomic E-state index is 12.5. The van der Waals surface area contributed by atoms with Crippen LogP contribution in [0, 0.1) is 6.92 Å². The monoisotopic (exact) mass is 354 g/mol. The average Bonchev–Trinajstić information content (AvgIpc) is 2.70. The van der Waals surface area contributed by atoms with Gasteiger partial charge in [0, 0.05) is 17.6 Å². The minimum absolute atomic E-state index is 0.0543. The summed E-state index contributed by atoms with van der Waals surface area (Å²) in [5.74, 6) is 0.660. The number of nitrogen functional groups attached to an aromatic ring is 1. The van der Waals surface area contributed by atoms with Crippen molar-refractivity contribution in [2.75, 3.05) is 18.8 Å². The van der Waals surface area contributed by atoms with Crippen molar-refractivity contribution in [3.8, 4) is 5.75 Å². The third-order valence-corrected chi connectivity index (χ3v) is 4.29. The van der Waals surface area contributed by atoms with Crippen molar-refractivity contribution in [2.24, 2.45) is 0 Å². The lowest BCUT2D eigenvalue weighted by Gasteiger charge is -2.25. The Labute approximate surface area is 134 Å². The molecule has 0 aromatic heterocycles. The first kappa shape index (κ1) is 16.1. The Kier molecular flexibility index (Phi) is 5.51. The number of ether oxygens (including phenoxy) is 1. The van der Waals surface area contributed by atoms with Crippen LogP contribution in [-0.2, 0) is 4.79 Å². The summed E-state index contributed by atoms with van der Waals surface area (Å²) in [5.41, 5.74) is 7.48. The third-order valence-electron chi connectivity index (χ3n) is 3.83. The number of aryl methyl sites for hydroxylation is 1. The lowest BCUT2D eigenvalue weighted by Crippen LogP contribution is -2.41. The minimum atomic E-state index is -0.509. The fourth-order valence-corrected chi connectivity index (χ4v) is 3.28. The Morgan fingerprint density at radius 2 is 1.90 bits per heavy atom. The number of rotatable bonds is 3. The van der Waals surface area contributed by atoms with Crippen molar-refractivity contribution in [1.82, 2.24) is 4.90 Å². The molecule has 1 heterocycles. The predicted molar refractivity (Wildman–Crippen MR) is 88.4 cm³/mol. The normalized spacial score (nSPS) is 17.2. The zero-order valence-corrected chi connectivity index (χ0v) is 14.3. The number of carbonyl (C=O) groups is 1. The van der Waals surface area contributed by atoms with Crippen LogP contribution in [0.4, 0.5) is 5.69 Å². The highest BCUT2D eigenvalue weighted by Crippen LogP contribution is 2.31. The molecule has 0 aliphatic carbocycles. The van der Waals surface area contributed by atoms with Crippen LogP contribution < -0.4 is 10.5 Å². The van der Waals surface area contributed by atoms with Crippen LogP contribution >= 0.6 is 15.9 Å². The fraction of sp³-hybridized carbons (Fsp3) is 0.562. The predicted octanol–water partition coefficient (Wildman–Crippen LogP) is 3.51. The number of hydrogen-bond donors (Lipinski definition) is 1. The number of likely N-dealkylation sites (tertiary alicyclic amines) is 1. The van der Waals surface area contributed by atoms with Crippen LogP contribution in [0.5, 0.6) is 5.75 Å². The summed E-state index contributed by atoms with van der Waals surface area (Å²) in [5, 5.41) is 0. The number of benzene rings is 1. The Morgan fingerprint density at radius 1 is 1.29 bits per heavy atom. The van der Waals surface area contributed by atoms with Gasteiger partial charge in [0.05, 0.1) is 5.69 Å². The van der Waals surface area contributed by atoms with Gasteiger partial charge in [0.15, 0.2) is 6.10 Å². The van der Waals surface area contributed by atoms with Gasteiger partial charge in [0.25, 0.3) is 5.91 Å². The maximum Gasteiger partial charge on any atom is 0.263 e. The quantitative estimate of drug-likeness (QED) is 0.845. The van der Waals surface area contributed by atoms with Gasteiger partial charge in [-0.15, -0.1) is 0 Å². The molecule has 1 aliphatic heterocycles. The van der Waals surface area contributed by atoms with Crippen molar-refractivity contribution in [3.05, 3.63) is 22.2 Å². The molecule has 1 atom stereocenters. The molecule has 116 valence electrons. The number of halogens is 1. The molecule has 1 unspecified atom stereocenters. The highest BCUT2D eigenvalue weighted by molar-refractivity contribution is 9.10. The molecular formula is C16H23BrN2O2. The standard InChI is InChI=1S/C16H23BrN2O2/c1-11-9-13(17)10-14(18)15(11)21-12(2)16(20)19-7-5-3-4-6-8-19/h9-10,12H,3-8,18H2,1-2H3. The summed E-state index contributed by atoms with van der Waals surface area (Å²) >= 11 is 3.40. The zero-order chi connectivity index (χ0) is 15.4. The van der Waals surface area contributed by atoms with Gasteiger partial charge in [0.1, 0.15) is 5.75 Å². The first-order valence-electron chi connectivity index (χ1n) is 7.50. The molecule has 0 bridgehead atoms. The van der Waals surface area contributed by atoms with Crippen LogP contribution in [0.3, 0.4) is 0 Å². The molecule has 21 heavy (non-hydrogen) atoms. The van der Waals surface area contributed by atoms with E-state index in [1.54, 1.807) is 13.0 Å². The van der Waals surface area contributed by atoms with E-state index in [0.29, 0.717) is 11.4 Å². The largest absolute Gasteiger partial charge is 0.478 e. The first-order chi connectivity index (χ1) is 9.99. The molecule has 1 aliphatic rings. The summed E-state index contributed by atoms with van der Waals surface area (Å²) < 4.78 is 6.76. The molecule has 1 aromatic rings. The van der Waals surface area contributed by atoms with Gasteiger partial charge in [-0.1, -0.05) is 28.8 Å². The van der Waals surface area contributed by atoms with Crippen molar-refractivity contribution in [1.29, 1.82) is 0 Å². The Hall–Kier alpha value is -1.23. The van der Waals surface area contributed by atoms with Crippen LogP contribution in [0.25, 0.3) is 0 Å². The molecule has 1 saturated heterocycles. The second-order valence-corrected chi connectivity index (χ2v) is 6.56. The average molecular weight is 355 g/mol. The molecular weight excluding hydrogens is 332 g/mol. The number of anilines is 1. The van der Waals surface area contributed by atoms with E-state index in [-0.39, 0.29) is 5.91 Å². The van der Waals surface area contributed by atoms with E-state index < -0.39 is 6.10 Å². The Morgan fingerprint density at radius 3 is 2.48 bits per heavy atom. The van der Waals surface area contributed by atoms with E-state index in [9.17, 15) is 4.79 Å². The zero-order valence-electron chi connectivity index (χ0n) is 12.7. The van der Waals surface area contributed by atoms with Gasteiger partial charge in [-0.25, -0.2) is 0 Å². The first-order valence-corrected chi connectivity index (χ1v) is 8.29. The molecule has 1 aromatic carbocycles. The van der Waals surface area contributed by atoms with Gasteiger partial charge in [0.2, 0.25) is 0 Å². The van der Waals surface area contributed by atoms with E-state index in [1.807, 2.05) is 17.9 Å². The van der Waals surface area contributed by atoms with E-state index in [2.05, 4.69) is 15.9 Å². The van der Waals surface area contributed by atoms with Crippen LogP contribution in [-0.4, -0.2) is 30.0 Å². The summed E-state index contributed by atoms with van der Waals surface area (Å²) in [6, 6.07) is 3.74. The summed E-state index contributed by atoms with van der Waals surface area (Å²) in [6.07, 6.45) is 4.07. The minimum Gasteiger partial charge on any atom is -0.478 e. The maximum absolute atomic E-state index is 12.5. The van der Waals surface area contributed by atoms with Gasteiger partial charge >= 0.3 is 0 Å². The van der Waals surface area contributed by atoms with Gasteiger partial charge in [-0.3, -0.25) is 4.79 Å². The van der Waals surface area contributed by atoms with E-state index >= 15 is 0 Å². The molecule has 0 spiro atoms. The molecule has 2 N–H and O–H groups in total. The topological polar surface area (TPSA) is 55.6 Å². The smallest absolute Gasteiger partial charge is 0.263 e. The number of nitrogens with two attached hydrogens (primary N) is 1. The third kappa shape index (κ3) is 4.13. The van der Waals surface area contributed by atoms with Crippen molar-refractivity contribution in [2.45, 2.75) is 45.6 Å². The summed E-state index contributed by atoms with van der Waals surface area (Å²) in [6.45, 7) is 5.40. The van der Waals surface area contributed by atoms with Gasteiger partial charge < -0.3 is 15.4 Å². The SMILES string of the molecule is Cc1cc(Br)cc(N)c1OC(C)C(=O)N1CCCCCC1. The number of hydrogen-bond acceptors (Lipinski definition) is 3. The number of carbonyl (C=O) groups excluding carboxylic acids is 1. The molecule has 2 rings (SSSR count). The van der Waals surface area contributed by atoms with Gasteiger partial charge in [-0.05, 0) is 44.4 Å². The van der Waals surface area contributed by atoms with Crippen LogP contribution in [0.2, 0.25) is 0 Å². The van der Waals surface area contributed by atoms with Gasteiger partial charge in [-0.2, -0.15) is 0 Å². The van der Waals surface area contributed by atoms with Crippen LogP contribution in [0.1, 0.15) is 38.2 Å². The van der Waals surface area contributed by atoms with Crippen molar-refractivity contribution < 1.29 is 9.53 Å². The molecule has 1 fully saturated rings. The summed E-state index contributed by atoms with van der Waals surface area (Å²) in [4.78, 5) is 14.4. The van der Waals surface area contributed by atoms with E-state index in [0.717, 1.165) is 36.0 Å². The molecule has 0 radical (unpaired) electrons. The molecule has 0 saturated carbocycles. The second kappa shape index (κ2) is 7.16. The fourth-order valence-electron chi connectivity index (χ4n) is 2.69. The van der Waals surface area contributed by atoms with Crippen molar-refractivity contribution >= 4 is 27.5 Å². The number of nitrogens with zero attached hydrogens (tertiary/aromatic N) is 1.